The highest BCUT2D eigenvalue weighted by Crippen LogP contribution is 2.47. The third-order valence-corrected chi connectivity index (χ3v) is 4.95. The number of ether oxygens (including phenoxy) is 2. The molecule has 0 spiro atoms. The molecule has 0 amide bonds. The van der Waals surface area contributed by atoms with Crippen LogP contribution in [0.5, 0.6) is 0 Å². The molecule has 0 bridgehead atoms. The zero-order valence-electron chi connectivity index (χ0n) is 12.4. The van der Waals surface area contributed by atoms with Gasteiger partial charge in [0.25, 0.3) is 7.37 Å². The molecular weight excluding hydrogens is 281 g/mol. The van der Waals surface area contributed by atoms with Crippen molar-refractivity contribution in [2.24, 2.45) is 0 Å². The predicted molar refractivity (Wildman–Crippen MR) is 79.0 cm³/mol. The summed E-state index contributed by atoms with van der Waals surface area (Å²) in [5.74, 6) is 0. The van der Waals surface area contributed by atoms with Gasteiger partial charge in [0.2, 0.25) is 6.03 Å². The third kappa shape index (κ3) is 6.63. The molecule has 0 radical (unpaired) electrons. The van der Waals surface area contributed by atoms with Gasteiger partial charge < -0.3 is 25.0 Å². The van der Waals surface area contributed by atoms with E-state index >= 15 is 0 Å². The fourth-order valence-corrected chi connectivity index (χ4v) is 3.64. The molecule has 4 N–H and O–H groups in total. The molecule has 0 aromatic heterocycles. The van der Waals surface area contributed by atoms with E-state index in [2.05, 4.69) is 16.0 Å². The molecule has 1 rings (SSSR count). The van der Waals surface area contributed by atoms with Crippen molar-refractivity contribution in [3.05, 3.63) is 0 Å². The zero-order chi connectivity index (χ0) is 14.8. The van der Waals surface area contributed by atoms with Crippen LogP contribution in [0, 0.1) is 0 Å². The minimum absolute atomic E-state index is 0.199. The number of piperazine rings is 1. The summed E-state index contributed by atoms with van der Waals surface area (Å²) in [6.07, 6.45) is 1.05. The fraction of sp³-hybridized carbons (Fsp3) is 1.00. The Kier molecular flexibility index (Phi) is 8.88. The number of hydrogen-bond donors (Lipinski definition) is 4. The second kappa shape index (κ2) is 9.84. The van der Waals surface area contributed by atoms with Crippen LogP contribution in [0.4, 0.5) is 0 Å². The Hall–Kier alpha value is -0.0100. The summed E-state index contributed by atoms with van der Waals surface area (Å²) in [5, 5.41) is 9.91. The first-order valence-electron chi connectivity index (χ1n) is 7.32. The van der Waals surface area contributed by atoms with Crippen LogP contribution in [0.15, 0.2) is 0 Å². The molecule has 1 fully saturated rings. The average Bonchev–Trinajstić information content (AvgIpc) is 2.44. The largest absolute Gasteiger partial charge is 0.345 e. The van der Waals surface area contributed by atoms with Crippen LogP contribution >= 0.6 is 7.37 Å². The Morgan fingerprint density at radius 3 is 2.60 bits per heavy atom. The maximum atomic E-state index is 12.2. The zero-order valence-corrected chi connectivity index (χ0v) is 13.3. The topological polar surface area (TPSA) is 91.9 Å². The van der Waals surface area contributed by atoms with Gasteiger partial charge in [-0.25, -0.2) is 0 Å². The highest BCUT2D eigenvalue weighted by molar-refractivity contribution is 7.58. The maximum Gasteiger partial charge on any atom is 0.255 e. The highest BCUT2D eigenvalue weighted by atomic mass is 31.2. The highest BCUT2D eigenvalue weighted by Gasteiger charge is 2.31. The van der Waals surface area contributed by atoms with Gasteiger partial charge in [-0.05, 0) is 26.8 Å². The molecule has 0 saturated carbocycles. The average molecular weight is 309 g/mol. The van der Waals surface area contributed by atoms with E-state index in [-0.39, 0.29) is 12.3 Å². The van der Waals surface area contributed by atoms with Crippen LogP contribution in [-0.2, 0) is 14.0 Å². The summed E-state index contributed by atoms with van der Waals surface area (Å²) in [4.78, 5) is 10.0. The van der Waals surface area contributed by atoms with Crippen LogP contribution in [-0.4, -0.2) is 62.6 Å². The lowest BCUT2D eigenvalue weighted by Crippen LogP contribution is -2.55. The van der Waals surface area contributed by atoms with E-state index in [1.165, 1.54) is 0 Å². The van der Waals surface area contributed by atoms with Gasteiger partial charge in [0, 0.05) is 39.0 Å². The van der Waals surface area contributed by atoms with E-state index in [1.807, 2.05) is 0 Å². The van der Waals surface area contributed by atoms with Crippen LogP contribution in [0.1, 0.15) is 20.3 Å². The Balaban J connectivity index is 2.24. The summed E-state index contributed by atoms with van der Waals surface area (Å²) in [6, 6.07) is -0.994. The molecule has 0 aromatic carbocycles. The van der Waals surface area contributed by atoms with Gasteiger partial charge in [-0.2, -0.15) is 0 Å². The molecule has 2 atom stereocenters. The third-order valence-electron chi connectivity index (χ3n) is 3.03. The van der Waals surface area contributed by atoms with Crippen molar-refractivity contribution in [1.82, 2.24) is 16.0 Å². The predicted octanol–water partition coefficient (Wildman–Crippen LogP) is 0.112. The fourth-order valence-electron chi connectivity index (χ4n) is 2.05. The van der Waals surface area contributed by atoms with Crippen LogP contribution in [0.25, 0.3) is 0 Å². The van der Waals surface area contributed by atoms with Crippen LogP contribution in [0.2, 0.25) is 0 Å². The molecule has 1 saturated heterocycles. The van der Waals surface area contributed by atoms with E-state index < -0.39 is 13.4 Å². The van der Waals surface area contributed by atoms with Crippen molar-refractivity contribution in [1.29, 1.82) is 0 Å². The molecule has 2 unspecified atom stereocenters. The van der Waals surface area contributed by atoms with Crippen molar-refractivity contribution in [3.63, 3.8) is 0 Å². The normalized spacial score (nSPS) is 22.9. The second-order valence-corrected chi connectivity index (χ2v) is 7.10. The van der Waals surface area contributed by atoms with E-state index in [4.69, 9.17) is 9.47 Å². The molecule has 120 valence electrons. The minimum Gasteiger partial charge on any atom is -0.345 e. The first-order chi connectivity index (χ1) is 9.60. The first-order valence-corrected chi connectivity index (χ1v) is 9.23. The van der Waals surface area contributed by atoms with E-state index in [0.717, 1.165) is 19.6 Å². The Labute approximate surface area is 121 Å². The molecular formula is C12H28N3O4P. The van der Waals surface area contributed by atoms with Crippen molar-refractivity contribution >= 4 is 7.37 Å². The van der Waals surface area contributed by atoms with E-state index in [1.54, 1.807) is 13.8 Å². The smallest absolute Gasteiger partial charge is 0.255 e. The number of hydrogen-bond acceptors (Lipinski definition) is 6. The summed E-state index contributed by atoms with van der Waals surface area (Å²) in [6.45, 7) is 7.79. The lowest BCUT2D eigenvalue weighted by Gasteiger charge is -2.26. The van der Waals surface area contributed by atoms with Crippen molar-refractivity contribution in [3.8, 4) is 0 Å². The van der Waals surface area contributed by atoms with Crippen molar-refractivity contribution in [2.45, 2.75) is 32.5 Å². The summed E-state index contributed by atoms with van der Waals surface area (Å²) in [7, 11) is -3.43. The Bertz CT molecular complexity index is 294. The summed E-state index contributed by atoms with van der Waals surface area (Å²) < 4.78 is 22.6. The molecule has 0 aliphatic carbocycles. The quantitative estimate of drug-likeness (QED) is 0.259. The Morgan fingerprint density at radius 1 is 1.35 bits per heavy atom. The molecule has 1 aliphatic heterocycles. The van der Waals surface area contributed by atoms with Gasteiger partial charge in [0.1, 0.15) is 0 Å². The number of nitrogens with one attached hydrogen (secondary N) is 3. The first kappa shape index (κ1) is 18.0. The monoisotopic (exact) mass is 309 g/mol. The lowest BCUT2D eigenvalue weighted by molar-refractivity contribution is -0.0871. The standard InChI is InChI=1S/C12H28N3O4P/c1-3-18-12(19-4-2)20(16,17)9-5-6-14-11-10-13-7-8-15-11/h11-15H,3-10H2,1-2H3,(H,16,17). The minimum atomic E-state index is -3.43. The maximum absolute atomic E-state index is 12.2. The second-order valence-electron chi connectivity index (χ2n) is 4.72. The van der Waals surface area contributed by atoms with Gasteiger partial charge in [0.15, 0.2) is 0 Å². The van der Waals surface area contributed by atoms with Crippen LogP contribution in [0.3, 0.4) is 0 Å². The van der Waals surface area contributed by atoms with Gasteiger partial charge in [-0.1, -0.05) is 0 Å². The molecule has 1 heterocycles. The molecule has 0 aromatic rings. The van der Waals surface area contributed by atoms with Crippen molar-refractivity contribution < 1.29 is 18.9 Å². The van der Waals surface area contributed by atoms with Crippen LogP contribution < -0.4 is 16.0 Å². The molecule has 7 nitrogen and oxygen atoms in total. The van der Waals surface area contributed by atoms with Crippen molar-refractivity contribution in [2.75, 3.05) is 45.6 Å². The molecule has 8 heteroatoms. The summed E-state index contributed by atoms with van der Waals surface area (Å²) >= 11 is 0. The molecule has 1 aliphatic rings. The SMILES string of the molecule is CCOC(OCC)P(=O)(O)CCCNC1CNCCN1. The number of rotatable bonds is 10. The van der Waals surface area contributed by atoms with Gasteiger partial charge >= 0.3 is 0 Å². The van der Waals surface area contributed by atoms with Gasteiger partial charge in [-0.3, -0.25) is 9.88 Å². The van der Waals surface area contributed by atoms with E-state index in [9.17, 15) is 9.46 Å². The molecule has 20 heavy (non-hydrogen) atoms. The summed E-state index contributed by atoms with van der Waals surface area (Å²) in [5.41, 5.74) is 0. The Morgan fingerprint density at radius 2 is 2.05 bits per heavy atom. The lowest BCUT2D eigenvalue weighted by atomic mass is 10.3. The van der Waals surface area contributed by atoms with Gasteiger partial charge in [0.05, 0.1) is 6.17 Å². The van der Waals surface area contributed by atoms with E-state index in [0.29, 0.717) is 26.2 Å². The van der Waals surface area contributed by atoms with Gasteiger partial charge in [-0.15, -0.1) is 0 Å².